The molecule has 0 unspecified atom stereocenters. The summed E-state index contributed by atoms with van der Waals surface area (Å²) < 4.78 is 0. The van der Waals surface area contributed by atoms with E-state index in [1.165, 1.54) is 0 Å². The summed E-state index contributed by atoms with van der Waals surface area (Å²) in [6, 6.07) is -0.405. The Morgan fingerprint density at radius 1 is 1.20 bits per heavy atom. The summed E-state index contributed by atoms with van der Waals surface area (Å²) in [5.74, 6) is 0.133. The molecule has 3 N–H and O–H groups in total. The molecule has 0 aromatic heterocycles. The molecule has 1 saturated heterocycles. The predicted molar refractivity (Wildman–Crippen MR) is 56.3 cm³/mol. The highest BCUT2D eigenvalue weighted by atomic mass is 16.2. The molecule has 1 aliphatic heterocycles. The van der Waals surface area contributed by atoms with Crippen molar-refractivity contribution in [3.63, 3.8) is 0 Å². The second-order valence-corrected chi connectivity index (χ2v) is 3.56. The van der Waals surface area contributed by atoms with Crippen LogP contribution < -0.4 is 11.1 Å². The van der Waals surface area contributed by atoms with Crippen molar-refractivity contribution in [3.8, 4) is 0 Å². The van der Waals surface area contributed by atoms with E-state index in [4.69, 9.17) is 5.73 Å². The minimum atomic E-state index is -0.405. The van der Waals surface area contributed by atoms with E-state index < -0.39 is 6.03 Å². The topological polar surface area (TPSA) is 78.7 Å². The van der Waals surface area contributed by atoms with Crippen LogP contribution in [0.1, 0.15) is 6.42 Å². The molecule has 1 aliphatic rings. The van der Waals surface area contributed by atoms with Crippen molar-refractivity contribution in [3.05, 3.63) is 0 Å². The maximum atomic E-state index is 11.6. The van der Waals surface area contributed by atoms with Crippen molar-refractivity contribution < 1.29 is 9.59 Å². The second kappa shape index (κ2) is 5.55. The fourth-order valence-corrected chi connectivity index (χ4v) is 1.57. The molecule has 6 heteroatoms. The molecule has 0 aromatic carbocycles. The van der Waals surface area contributed by atoms with Crippen LogP contribution in [0, 0.1) is 0 Å². The number of amides is 3. The number of carbonyl (C=O) groups is 2. The van der Waals surface area contributed by atoms with Crippen molar-refractivity contribution in [2.75, 3.05) is 39.8 Å². The monoisotopic (exact) mass is 214 g/mol. The highest BCUT2D eigenvalue weighted by Gasteiger charge is 2.21. The lowest BCUT2D eigenvalue weighted by molar-refractivity contribution is -0.132. The lowest BCUT2D eigenvalue weighted by atomic mass is 10.3. The molecule has 0 bridgehead atoms. The smallest absolute Gasteiger partial charge is 0.314 e. The van der Waals surface area contributed by atoms with Gasteiger partial charge in [-0.05, 0) is 7.05 Å². The Morgan fingerprint density at radius 3 is 2.20 bits per heavy atom. The van der Waals surface area contributed by atoms with E-state index >= 15 is 0 Å². The third-order valence-corrected chi connectivity index (χ3v) is 2.53. The Kier molecular flexibility index (Phi) is 4.36. The van der Waals surface area contributed by atoms with Crippen LogP contribution in [0.15, 0.2) is 0 Å². The number of piperazine rings is 1. The van der Waals surface area contributed by atoms with Gasteiger partial charge in [-0.15, -0.1) is 0 Å². The number of nitrogens with two attached hydrogens (primary N) is 1. The number of carbonyl (C=O) groups excluding carboxylic acids is 2. The first-order valence-electron chi connectivity index (χ1n) is 5.12. The number of rotatable bonds is 3. The predicted octanol–water partition coefficient (Wildman–Crippen LogP) is -1.18. The Labute approximate surface area is 89.4 Å². The number of primary amides is 1. The van der Waals surface area contributed by atoms with E-state index in [1.807, 2.05) is 7.05 Å². The zero-order valence-electron chi connectivity index (χ0n) is 9.03. The van der Waals surface area contributed by atoms with Gasteiger partial charge >= 0.3 is 6.03 Å². The quantitative estimate of drug-likeness (QED) is 0.620. The highest BCUT2D eigenvalue weighted by Crippen LogP contribution is 2.02. The summed E-state index contributed by atoms with van der Waals surface area (Å²) >= 11 is 0. The van der Waals surface area contributed by atoms with Crippen molar-refractivity contribution >= 4 is 11.9 Å². The van der Waals surface area contributed by atoms with E-state index in [0.29, 0.717) is 39.1 Å². The third kappa shape index (κ3) is 3.39. The van der Waals surface area contributed by atoms with Crippen LogP contribution in [0.2, 0.25) is 0 Å². The van der Waals surface area contributed by atoms with Crippen LogP contribution in [-0.2, 0) is 4.79 Å². The Bertz CT molecular complexity index is 236. The summed E-state index contributed by atoms with van der Waals surface area (Å²) in [5, 5.41) is 2.93. The van der Waals surface area contributed by atoms with Gasteiger partial charge in [-0.2, -0.15) is 0 Å². The number of nitrogens with one attached hydrogen (secondary N) is 1. The molecular weight excluding hydrogens is 196 g/mol. The fraction of sp³-hybridized carbons (Fsp3) is 0.778. The van der Waals surface area contributed by atoms with Crippen LogP contribution >= 0.6 is 0 Å². The van der Waals surface area contributed by atoms with Crippen molar-refractivity contribution in [2.45, 2.75) is 6.42 Å². The van der Waals surface area contributed by atoms with Gasteiger partial charge in [0.05, 0.1) is 0 Å². The van der Waals surface area contributed by atoms with Gasteiger partial charge in [0.15, 0.2) is 0 Å². The van der Waals surface area contributed by atoms with E-state index in [2.05, 4.69) is 5.32 Å². The molecule has 0 radical (unpaired) electrons. The average molecular weight is 214 g/mol. The van der Waals surface area contributed by atoms with Crippen molar-refractivity contribution in [1.82, 2.24) is 15.1 Å². The first-order chi connectivity index (χ1) is 7.15. The zero-order chi connectivity index (χ0) is 11.3. The summed E-state index contributed by atoms with van der Waals surface area (Å²) in [7, 11) is 1.82. The lowest BCUT2D eigenvalue weighted by Gasteiger charge is -2.33. The molecular formula is C9H18N4O2. The van der Waals surface area contributed by atoms with Crippen LogP contribution in [0.5, 0.6) is 0 Å². The van der Waals surface area contributed by atoms with E-state index in [-0.39, 0.29) is 5.91 Å². The van der Waals surface area contributed by atoms with Crippen LogP contribution in [0.3, 0.4) is 0 Å². The minimum Gasteiger partial charge on any atom is -0.351 e. The fourth-order valence-electron chi connectivity index (χ4n) is 1.57. The highest BCUT2D eigenvalue weighted by molar-refractivity contribution is 5.77. The standard InChI is InChI=1S/C9H18N4O2/c1-11-3-2-8(14)12-4-6-13(7-5-12)9(10)15/h11H,2-7H2,1H3,(H2,10,15). The van der Waals surface area contributed by atoms with Crippen LogP contribution in [0.4, 0.5) is 4.79 Å². The first kappa shape index (κ1) is 11.8. The SMILES string of the molecule is CNCCC(=O)N1CCN(C(N)=O)CC1. The lowest BCUT2D eigenvalue weighted by Crippen LogP contribution is -2.52. The third-order valence-electron chi connectivity index (χ3n) is 2.53. The molecule has 86 valence electrons. The summed E-state index contributed by atoms with van der Waals surface area (Å²) in [6.07, 6.45) is 0.507. The molecule has 6 nitrogen and oxygen atoms in total. The van der Waals surface area contributed by atoms with E-state index in [9.17, 15) is 9.59 Å². The molecule has 1 heterocycles. The number of hydrogen-bond acceptors (Lipinski definition) is 3. The zero-order valence-corrected chi connectivity index (χ0v) is 9.03. The molecule has 0 atom stereocenters. The maximum Gasteiger partial charge on any atom is 0.314 e. The molecule has 0 spiro atoms. The molecule has 0 saturated carbocycles. The summed E-state index contributed by atoms with van der Waals surface area (Å²) in [4.78, 5) is 25.8. The molecule has 1 fully saturated rings. The Hall–Kier alpha value is -1.30. The largest absolute Gasteiger partial charge is 0.351 e. The Morgan fingerprint density at radius 2 is 1.73 bits per heavy atom. The first-order valence-corrected chi connectivity index (χ1v) is 5.12. The van der Waals surface area contributed by atoms with Crippen molar-refractivity contribution in [2.24, 2.45) is 5.73 Å². The van der Waals surface area contributed by atoms with Gasteiger partial charge in [0.2, 0.25) is 5.91 Å². The van der Waals surface area contributed by atoms with Crippen LogP contribution in [0.25, 0.3) is 0 Å². The maximum absolute atomic E-state index is 11.6. The summed E-state index contributed by atoms with van der Waals surface area (Å²) in [6.45, 7) is 2.95. The summed E-state index contributed by atoms with van der Waals surface area (Å²) in [5.41, 5.74) is 5.14. The van der Waals surface area contributed by atoms with Gasteiger partial charge in [0.1, 0.15) is 0 Å². The van der Waals surface area contributed by atoms with Gasteiger partial charge in [-0.1, -0.05) is 0 Å². The number of hydrogen-bond donors (Lipinski definition) is 2. The van der Waals surface area contributed by atoms with E-state index in [0.717, 1.165) is 0 Å². The molecule has 3 amide bonds. The van der Waals surface area contributed by atoms with Crippen LogP contribution in [-0.4, -0.2) is 61.5 Å². The minimum absolute atomic E-state index is 0.133. The van der Waals surface area contributed by atoms with Gasteiger partial charge < -0.3 is 20.9 Å². The number of nitrogens with zero attached hydrogens (tertiary/aromatic N) is 2. The molecule has 15 heavy (non-hydrogen) atoms. The van der Waals surface area contributed by atoms with Gasteiger partial charge in [-0.25, -0.2) is 4.79 Å². The Balaban J connectivity index is 2.30. The normalized spacial score (nSPS) is 16.6. The van der Waals surface area contributed by atoms with Crippen molar-refractivity contribution in [1.29, 1.82) is 0 Å². The molecule has 1 rings (SSSR count). The number of urea groups is 1. The van der Waals surface area contributed by atoms with E-state index in [1.54, 1.807) is 9.80 Å². The second-order valence-electron chi connectivity index (χ2n) is 3.56. The average Bonchev–Trinajstić information content (AvgIpc) is 2.26. The van der Waals surface area contributed by atoms with Gasteiger partial charge in [-0.3, -0.25) is 4.79 Å². The molecule has 0 aliphatic carbocycles. The van der Waals surface area contributed by atoms with Gasteiger partial charge in [0, 0.05) is 39.1 Å². The molecule has 0 aromatic rings. The van der Waals surface area contributed by atoms with Gasteiger partial charge in [0.25, 0.3) is 0 Å².